The van der Waals surface area contributed by atoms with Crippen LogP contribution in [0, 0.1) is 5.92 Å². The summed E-state index contributed by atoms with van der Waals surface area (Å²) >= 11 is 3.98. The van der Waals surface area contributed by atoms with Crippen LogP contribution in [0.2, 0.25) is 0 Å². The van der Waals surface area contributed by atoms with E-state index in [1.165, 1.54) is 6.92 Å². The van der Waals surface area contributed by atoms with Crippen LogP contribution in [0.3, 0.4) is 0 Å². The molecule has 0 radical (unpaired) electrons. The minimum absolute atomic E-state index is 0.126. The Morgan fingerprint density at radius 2 is 2.00 bits per heavy atom. The Morgan fingerprint density at radius 1 is 1.47 bits per heavy atom. The molecule has 0 aromatic rings. The summed E-state index contributed by atoms with van der Waals surface area (Å²) in [6.07, 6.45) is -0.164. The molecule has 0 aliphatic carbocycles. The second-order valence-electron chi connectivity index (χ2n) is 3.61. The van der Waals surface area contributed by atoms with Crippen molar-refractivity contribution in [1.82, 2.24) is 5.32 Å². The molecule has 0 rings (SSSR count). The van der Waals surface area contributed by atoms with Gasteiger partial charge in [-0.1, -0.05) is 6.92 Å². The molecule has 0 bridgehead atoms. The average Bonchev–Trinajstić information content (AvgIpc) is 2.14. The first-order valence-corrected chi connectivity index (χ1v) is 5.67. The van der Waals surface area contributed by atoms with Gasteiger partial charge in [-0.3, -0.25) is 9.59 Å². The molecule has 0 saturated heterocycles. The van der Waals surface area contributed by atoms with E-state index in [1.54, 1.807) is 6.92 Å². The largest absolute Gasteiger partial charge is 0.393 e. The third-order valence-electron chi connectivity index (χ3n) is 2.35. The van der Waals surface area contributed by atoms with E-state index in [4.69, 9.17) is 0 Å². The third-order valence-corrected chi connectivity index (χ3v) is 2.71. The van der Waals surface area contributed by atoms with E-state index in [1.807, 2.05) is 6.92 Å². The summed E-state index contributed by atoms with van der Waals surface area (Å²) in [5, 5.41) is 11.9. The second kappa shape index (κ2) is 6.85. The van der Waals surface area contributed by atoms with E-state index in [0.29, 0.717) is 6.42 Å². The van der Waals surface area contributed by atoms with Crippen LogP contribution >= 0.6 is 12.6 Å². The van der Waals surface area contributed by atoms with Crippen LogP contribution in [0.25, 0.3) is 0 Å². The van der Waals surface area contributed by atoms with Crippen molar-refractivity contribution >= 4 is 24.3 Å². The summed E-state index contributed by atoms with van der Waals surface area (Å²) in [6, 6.07) is -0.561. The lowest BCUT2D eigenvalue weighted by atomic mass is 9.99. The van der Waals surface area contributed by atoms with Crippen molar-refractivity contribution in [3.8, 4) is 0 Å². The van der Waals surface area contributed by atoms with Crippen LogP contribution in [0.5, 0.6) is 0 Å². The van der Waals surface area contributed by atoms with Crippen molar-refractivity contribution in [1.29, 1.82) is 0 Å². The van der Waals surface area contributed by atoms with Gasteiger partial charge in [0.25, 0.3) is 0 Å². The predicted molar refractivity (Wildman–Crippen MR) is 61.9 cm³/mol. The van der Waals surface area contributed by atoms with Gasteiger partial charge in [0.05, 0.1) is 18.1 Å². The molecular weight excluding hydrogens is 214 g/mol. The molecule has 0 aliphatic heterocycles. The van der Waals surface area contributed by atoms with Gasteiger partial charge in [0.1, 0.15) is 0 Å². The van der Waals surface area contributed by atoms with Gasteiger partial charge in [-0.15, -0.1) is 0 Å². The van der Waals surface area contributed by atoms with Gasteiger partial charge in [0.2, 0.25) is 5.91 Å². The average molecular weight is 233 g/mol. The van der Waals surface area contributed by atoms with Gasteiger partial charge in [-0.25, -0.2) is 0 Å². The Hall–Kier alpha value is -0.550. The van der Waals surface area contributed by atoms with E-state index in [2.05, 4.69) is 17.9 Å². The van der Waals surface area contributed by atoms with Crippen LogP contribution < -0.4 is 5.32 Å². The molecule has 4 nitrogen and oxygen atoms in total. The molecule has 0 spiro atoms. The van der Waals surface area contributed by atoms with Crippen molar-refractivity contribution in [2.45, 2.75) is 39.3 Å². The Bertz CT molecular complexity index is 231. The SMILES string of the molecule is CC[C@H](C(=O)N[C@@H](CS)C(C)=O)[C@@H](C)O. The summed E-state index contributed by atoms with van der Waals surface area (Å²) in [6.45, 7) is 4.79. The molecule has 1 amide bonds. The van der Waals surface area contributed by atoms with Crippen molar-refractivity contribution in [2.75, 3.05) is 5.75 Å². The van der Waals surface area contributed by atoms with Gasteiger partial charge in [-0.2, -0.15) is 12.6 Å². The number of Topliss-reactive ketones (excluding diaryl/α,β-unsaturated/α-hetero) is 1. The summed E-state index contributed by atoms with van der Waals surface area (Å²) in [5.74, 6) is -0.607. The molecule has 3 atom stereocenters. The lowest BCUT2D eigenvalue weighted by Gasteiger charge is -2.20. The zero-order chi connectivity index (χ0) is 12.0. The maximum absolute atomic E-state index is 11.6. The monoisotopic (exact) mass is 233 g/mol. The molecule has 88 valence electrons. The van der Waals surface area contributed by atoms with Gasteiger partial charge >= 0.3 is 0 Å². The van der Waals surface area contributed by atoms with Crippen LogP contribution in [-0.2, 0) is 9.59 Å². The van der Waals surface area contributed by atoms with Gasteiger partial charge in [-0.05, 0) is 20.3 Å². The van der Waals surface area contributed by atoms with Crippen molar-refractivity contribution in [2.24, 2.45) is 5.92 Å². The topological polar surface area (TPSA) is 66.4 Å². The minimum Gasteiger partial charge on any atom is -0.393 e. The fourth-order valence-electron chi connectivity index (χ4n) is 1.30. The molecule has 15 heavy (non-hydrogen) atoms. The number of carbonyl (C=O) groups is 2. The molecule has 0 aromatic heterocycles. The summed E-state index contributed by atoms with van der Waals surface area (Å²) in [4.78, 5) is 22.7. The van der Waals surface area contributed by atoms with E-state index in [9.17, 15) is 14.7 Å². The number of carbonyl (C=O) groups excluding carboxylic acids is 2. The number of aliphatic hydroxyl groups is 1. The van der Waals surface area contributed by atoms with Crippen molar-refractivity contribution < 1.29 is 14.7 Å². The highest BCUT2D eigenvalue weighted by Crippen LogP contribution is 2.09. The maximum Gasteiger partial charge on any atom is 0.226 e. The number of thiol groups is 1. The highest BCUT2D eigenvalue weighted by molar-refractivity contribution is 7.80. The molecule has 5 heteroatoms. The molecule has 0 fully saturated rings. The molecule has 0 aromatic carbocycles. The molecular formula is C10H19NO3S. The summed E-state index contributed by atoms with van der Waals surface area (Å²) in [5.41, 5.74) is 0. The number of hydrogen-bond acceptors (Lipinski definition) is 4. The Morgan fingerprint density at radius 3 is 2.27 bits per heavy atom. The number of amides is 1. The molecule has 0 unspecified atom stereocenters. The highest BCUT2D eigenvalue weighted by Gasteiger charge is 2.24. The first kappa shape index (κ1) is 14.5. The third kappa shape index (κ3) is 4.66. The quantitative estimate of drug-likeness (QED) is 0.582. The number of aliphatic hydroxyl groups excluding tert-OH is 1. The standard InChI is InChI=1S/C10H19NO3S/c1-4-8(6(2)12)10(14)11-9(5-15)7(3)13/h6,8-9,12,15H,4-5H2,1-3H3,(H,11,14)/t6-,8+,9+/m1/s1. The van der Waals surface area contributed by atoms with Crippen LogP contribution in [-0.4, -0.2) is 34.7 Å². The lowest BCUT2D eigenvalue weighted by Crippen LogP contribution is -2.46. The Labute approximate surface area is 95.8 Å². The zero-order valence-electron chi connectivity index (χ0n) is 9.36. The minimum atomic E-state index is -0.706. The number of ketones is 1. The maximum atomic E-state index is 11.6. The predicted octanol–water partition coefficient (Wildman–Crippen LogP) is 0.397. The van der Waals surface area contributed by atoms with Crippen LogP contribution in [0.1, 0.15) is 27.2 Å². The molecule has 0 aliphatic rings. The molecule has 2 N–H and O–H groups in total. The summed E-state index contributed by atoms with van der Waals surface area (Å²) in [7, 11) is 0. The Kier molecular flexibility index (Phi) is 6.60. The first-order chi connectivity index (χ1) is 6.93. The number of hydrogen-bond donors (Lipinski definition) is 3. The van der Waals surface area contributed by atoms with Crippen molar-refractivity contribution in [3.05, 3.63) is 0 Å². The fraction of sp³-hybridized carbons (Fsp3) is 0.800. The van der Waals surface area contributed by atoms with Gasteiger partial charge in [0.15, 0.2) is 5.78 Å². The Balaban J connectivity index is 4.38. The first-order valence-electron chi connectivity index (χ1n) is 5.03. The van der Waals surface area contributed by atoms with E-state index < -0.39 is 18.1 Å². The molecule has 0 saturated carbocycles. The zero-order valence-corrected chi connectivity index (χ0v) is 10.3. The highest BCUT2D eigenvalue weighted by atomic mass is 32.1. The van der Waals surface area contributed by atoms with Crippen LogP contribution in [0.4, 0.5) is 0 Å². The van der Waals surface area contributed by atoms with Crippen LogP contribution in [0.15, 0.2) is 0 Å². The van der Waals surface area contributed by atoms with E-state index >= 15 is 0 Å². The normalized spacial score (nSPS) is 16.6. The van der Waals surface area contributed by atoms with E-state index in [0.717, 1.165) is 0 Å². The molecule has 0 heterocycles. The smallest absolute Gasteiger partial charge is 0.226 e. The number of rotatable bonds is 6. The van der Waals surface area contributed by atoms with E-state index in [-0.39, 0.29) is 17.4 Å². The van der Waals surface area contributed by atoms with Gasteiger partial charge in [0, 0.05) is 5.75 Å². The van der Waals surface area contributed by atoms with Gasteiger partial charge < -0.3 is 10.4 Å². The number of nitrogens with one attached hydrogen (secondary N) is 1. The lowest BCUT2D eigenvalue weighted by molar-refractivity contribution is -0.131. The second-order valence-corrected chi connectivity index (χ2v) is 3.97. The summed E-state index contributed by atoms with van der Waals surface area (Å²) < 4.78 is 0. The van der Waals surface area contributed by atoms with Crippen molar-refractivity contribution in [3.63, 3.8) is 0 Å². The fourth-order valence-corrected chi connectivity index (χ4v) is 1.65.